The number of benzene rings is 2. The lowest BCUT2D eigenvalue weighted by Gasteiger charge is -2.23. The molecule has 1 aromatic heterocycles. The average molecular weight is 338 g/mol. The van der Waals surface area contributed by atoms with Crippen molar-refractivity contribution in [2.24, 2.45) is 5.73 Å². The lowest BCUT2D eigenvalue weighted by atomic mass is 9.92. The Balaban J connectivity index is 1.69. The molecule has 4 rings (SSSR count). The molecule has 3 aromatic rings. The molecule has 128 valence electrons. The number of hydrogen-bond donors (Lipinski definition) is 2. The van der Waals surface area contributed by atoms with Crippen LogP contribution in [-0.2, 0) is 0 Å². The number of aromatic nitrogens is 2. The van der Waals surface area contributed by atoms with Crippen molar-refractivity contribution < 1.29 is 9.18 Å². The van der Waals surface area contributed by atoms with Crippen LogP contribution < -0.4 is 11.1 Å². The van der Waals surface area contributed by atoms with Gasteiger partial charge in [-0.25, -0.2) is 9.07 Å². The molecule has 0 unspecified atom stereocenters. The zero-order chi connectivity index (χ0) is 17.4. The molecule has 1 aliphatic rings. The molecule has 1 saturated heterocycles. The molecule has 6 heteroatoms. The fourth-order valence-electron chi connectivity index (χ4n) is 3.45. The minimum absolute atomic E-state index is 0.0960. The van der Waals surface area contributed by atoms with Crippen molar-refractivity contribution in [1.82, 2.24) is 15.1 Å². The summed E-state index contributed by atoms with van der Waals surface area (Å²) in [5.41, 5.74) is 8.01. The van der Waals surface area contributed by atoms with Gasteiger partial charge in [-0.2, -0.15) is 5.10 Å². The van der Waals surface area contributed by atoms with Gasteiger partial charge in [0, 0.05) is 18.1 Å². The second-order valence-electron chi connectivity index (χ2n) is 6.46. The van der Waals surface area contributed by atoms with E-state index >= 15 is 0 Å². The summed E-state index contributed by atoms with van der Waals surface area (Å²) in [6.07, 6.45) is 4.10. The highest BCUT2D eigenvalue weighted by Crippen LogP contribution is 2.25. The van der Waals surface area contributed by atoms with E-state index in [1.807, 2.05) is 12.1 Å². The molecule has 0 spiro atoms. The Kier molecular flexibility index (Phi) is 3.97. The minimum atomic E-state index is -0.685. The van der Waals surface area contributed by atoms with Crippen LogP contribution in [0.4, 0.5) is 4.39 Å². The van der Waals surface area contributed by atoms with Gasteiger partial charge in [-0.3, -0.25) is 4.79 Å². The first kappa shape index (κ1) is 15.8. The Bertz CT molecular complexity index is 926. The van der Waals surface area contributed by atoms with Gasteiger partial charge in [0.2, 0.25) is 0 Å². The largest absolute Gasteiger partial charge is 0.366 e. The lowest BCUT2D eigenvalue weighted by molar-refractivity contribution is 0.100. The van der Waals surface area contributed by atoms with Crippen molar-refractivity contribution in [3.8, 4) is 5.69 Å². The quantitative estimate of drug-likeness (QED) is 0.771. The highest BCUT2D eigenvalue weighted by molar-refractivity contribution is 6.04. The topological polar surface area (TPSA) is 72.9 Å². The molecule has 0 bridgehead atoms. The van der Waals surface area contributed by atoms with Gasteiger partial charge in [0.25, 0.3) is 5.91 Å². The van der Waals surface area contributed by atoms with Gasteiger partial charge in [-0.15, -0.1) is 0 Å². The third-order valence-electron chi connectivity index (χ3n) is 4.76. The van der Waals surface area contributed by atoms with E-state index in [4.69, 9.17) is 5.73 Å². The number of piperidine rings is 1. The van der Waals surface area contributed by atoms with Crippen LogP contribution in [0.1, 0.15) is 34.7 Å². The number of nitrogens with zero attached hydrogens (tertiary/aromatic N) is 2. The summed E-state index contributed by atoms with van der Waals surface area (Å²) in [6, 6.07) is 10.7. The van der Waals surface area contributed by atoms with Gasteiger partial charge in [0.15, 0.2) is 0 Å². The van der Waals surface area contributed by atoms with Crippen molar-refractivity contribution in [1.29, 1.82) is 0 Å². The van der Waals surface area contributed by atoms with E-state index in [1.54, 1.807) is 10.9 Å². The highest BCUT2D eigenvalue weighted by atomic mass is 19.1. The Morgan fingerprint density at radius 1 is 1.28 bits per heavy atom. The number of nitrogens with two attached hydrogens (primary N) is 1. The van der Waals surface area contributed by atoms with Crippen LogP contribution in [0, 0.1) is 5.82 Å². The van der Waals surface area contributed by atoms with Crippen molar-refractivity contribution >= 4 is 16.8 Å². The lowest BCUT2D eigenvalue weighted by Crippen LogP contribution is -2.28. The molecule has 1 fully saturated rings. The zero-order valence-corrected chi connectivity index (χ0v) is 13.7. The predicted molar refractivity (Wildman–Crippen MR) is 94.4 cm³/mol. The van der Waals surface area contributed by atoms with Gasteiger partial charge in [0.1, 0.15) is 11.3 Å². The van der Waals surface area contributed by atoms with Crippen LogP contribution >= 0.6 is 0 Å². The van der Waals surface area contributed by atoms with Gasteiger partial charge >= 0.3 is 0 Å². The van der Waals surface area contributed by atoms with Crippen molar-refractivity contribution in [2.45, 2.75) is 18.8 Å². The van der Waals surface area contributed by atoms with Crippen molar-refractivity contribution in [3.05, 3.63) is 59.5 Å². The first-order valence-electron chi connectivity index (χ1n) is 8.41. The average Bonchev–Trinajstić information content (AvgIpc) is 3.05. The Morgan fingerprint density at radius 3 is 2.76 bits per heavy atom. The first-order chi connectivity index (χ1) is 12.1. The zero-order valence-electron chi connectivity index (χ0n) is 13.7. The number of carbonyl (C=O) groups excluding carboxylic acids is 1. The molecule has 1 atom stereocenters. The number of halogens is 1. The molecular formula is C19H19FN4O. The van der Waals surface area contributed by atoms with E-state index in [-0.39, 0.29) is 5.56 Å². The highest BCUT2D eigenvalue weighted by Gasteiger charge is 2.16. The van der Waals surface area contributed by atoms with Crippen LogP contribution in [0.2, 0.25) is 0 Å². The van der Waals surface area contributed by atoms with Crippen LogP contribution in [0.3, 0.4) is 0 Å². The number of primary amides is 1. The molecule has 2 aromatic carbocycles. The predicted octanol–water partition coefficient (Wildman–Crippen LogP) is 2.73. The summed E-state index contributed by atoms with van der Waals surface area (Å²) >= 11 is 0. The van der Waals surface area contributed by atoms with Crippen molar-refractivity contribution in [2.75, 3.05) is 13.1 Å². The molecule has 2 heterocycles. The third-order valence-corrected chi connectivity index (χ3v) is 4.76. The molecular weight excluding hydrogens is 319 g/mol. The maximum Gasteiger partial charge on any atom is 0.251 e. The van der Waals surface area contributed by atoms with Crippen molar-refractivity contribution in [3.63, 3.8) is 0 Å². The van der Waals surface area contributed by atoms with Gasteiger partial charge in [-0.1, -0.05) is 12.1 Å². The summed E-state index contributed by atoms with van der Waals surface area (Å²) in [7, 11) is 0. The maximum absolute atomic E-state index is 13.7. The first-order valence-corrected chi connectivity index (χ1v) is 8.41. The fourth-order valence-corrected chi connectivity index (χ4v) is 3.45. The van der Waals surface area contributed by atoms with E-state index in [0.717, 1.165) is 24.8 Å². The van der Waals surface area contributed by atoms with Crippen LogP contribution in [0.15, 0.2) is 42.6 Å². The molecule has 25 heavy (non-hydrogen) atoms. The van der Waals surface area contributed by atoms with Crippen LogP contribution in [-0.4, -0.2) is 28.8 Å². The van der Waals surface area contributed by atoms with E-state index in [9.17, 15) is 9.18 Å². The molecule has 3 N–H and O–H groups in total. The Morgan fingerprint density at radius 2 is 2.08 bits per heavy atom. The van der Waals surface area contributed by atoms with E-state index < -0.39 is 11.7 Å². The van der Waals surface area contributed by atoms with Gasteiger partial charge in [-0.05, 0) is 55.1 Å². The molecule has 0 radical (unpaired) electrons. The number of nitrogens with one attached hydrogen (secondary N) is 1. The van der Waals surface area contributed by atoms with Gasteiger partial charge < -0.3 is 11.1 Å². The summed E-state index contributed by atoms with van der Waals surface area (Å²) in [6.45, 7) is 2.10. The summed E-state index contributed by atoms with van der Waals surface area (Å²) < 4.78 is 15.3. The number of fused-ring (bicyclic) bond motifs is 1. The molecule has 0 saturated carbocycles. The van der Waals surface area contributed by atoms with E-state index in [1.165, 1.54) is 24.5 Å². The SMILES string of the molecule is NC(=O)c1cc(F)cc2cn(-c3ccc([C@H]4CCCNC4)cc3)nc12. The van der Waals surface area contributed by atoms with Crippen LogP contribution in [0.5, 0.6) is 0 Å². The number of rotatable bonds is 3. The second-order valence-corrected chi connectivity index (χ2v) is 6.46. The minimum Gasteiger partial charge on any atom is -0.366 e. The molecule has 1 amide bonds. The smallest absolute Gasteiger partial charge is 0.251 e. The Hall–Kier alpha value is -2.73. The molecule has 5 nitrogen and oxygen atoms in total. The monoisotopic (exact) mass is 338 g/mol. The number of carbonyl (C=O) groups is 1. The second kappa shape index (κ2) is 6.29. The third kappa shape index (κ3) is 3.00. The maximum atomic E-state index is 13.7. The molecule has 0 aliphatic carbocycles. The standard InChI is InChI=1S/C19H19FN4O/c20-15-8-14-11-24(23-18(14)17(9-15)19(21)25)16-5-3-12(4-6-16)13-2-1-7-22-10-13/h3-6,8-9,11,13,22H,1-2,7,10H2,(H2,21,25)/t13-/m0/s1. The fraction of sp³-hybridized carbons (Fsp3) is 0.263. The normalized spacial score (nSPS) is 17.7. The molecule has 1 aliphatic heterocycles. The summed E-state index contributed by atoms with van der Waals surface area (Å²) in [5.74, 6) is -0.647. The van der Waals surface area contributed by atoms with E-state index in [0.29, 0.717) is 16.8 Å². The van der Waals surface area contributed by atoms with Gasteiger partial charge in [0.05, 0.1) is 11.3 Å². The summed E-state index contributed by atoms with van der Waals surface area (Å²) in [4.78, 5) is 11.5. The Labute approximate surface area is 144 Å². The summed E-state index contributed by atoms with van der Waals surface area (Å²) in [5, 5.41) is 8.40. The number of hydrogen-bond acceptors (Lipinski definition) is 3. The number of amides is 1. The van der Waals surface area contributed by atoms with Crippen LogP contribution in [0.25, 0.3) is 16.6 Å². The van der Waals surface area contributed by atoms with E-state index in [2.05, 4.69) is 22.5 Å².